The van der Waals surface area contributed by atoms with Crippen molar-refractivity contribution in [3.05, 3.63) is 24.3 Å². The van der Waals surface area contributed by atoms with E-state index >= 15 is 0 Å². The van der Waals surface area contributed by atoms with Crippen molar-refractivity contribution in [1.29, 1.82) is 0 Å². The summed E-state index contributed by atoms with van der Waals surface area (Å²) in [7, 11) is -4.22. The van der Waals surface area contributed by atoms with Crippen LogP contribution in [0.25, 0.3) is 0 Å². The van der Waals surface area contributed by atoms with E-state index < -0.39 is 52.4 Å². The smallest absolute Gasteiger partial charge is 0.406 e. The SMILES string of the molecule is O=S(=O)(c1cccc(OC(F)(F)F)c1)N1C[C@@H](F)C[C@H]1CO. The van der Waals surface area contributed by atoms with Crippen LogP contribution in [-0.2, 0) is 10.0 Å². The topological polar surface area (TPSA) is 66.8 Å². The maximum absolute atomic E-state index is 13.4. The number of halogens is 4. The van der Waals surface area contributed by atoms with E-state index in [0.717, 1.165) is 22.5 Å². The third-order valence-electron chi connectivity index (χ3n) is 3.17. The zero-order chi connectivity index (χ0) is 16.5. The minimum atomic E-state index is -4.95. The number of rotatable bonds is 4. The van der Waals surface area contributed by atoms with E-state index in [-0.39, 0.29) is 6.42 Å². The van der Waals surface area contributed by atoms with Crippen molar-refractivity contribution in [2.24, 2.45) is 0 Å². The number of aliphatic hydroxyl groups is 1. The van der Waals surface area contributed by atoms with Gasteiger partial charge in [-0.2, -0.15) is 4.31 Å². The molecule has 5 nitrogen and oxygen atoms in total. The molecule has 0 bridgehead atoms. The lowest BCUT2D eigenvalue weighted by Gasteiger charge is -2.22. The van der Waals surface area contributed by atoms with Crippen LogP contribution in [0.15, 0.2) is 29.2 Å². The second kappa shape index (κ2) is 6.01. The van der Waals surface area contributed by atoms with Crippen LogP contribution in [0.4, 0.5) is 17.6 Å². The van der Waals surface area contributed by atoms with E-state index in [1.165, 1.54) is 0 Å². The van der Waals surface area contributed by atoms with E-state index in [0.29, 0.717) is 6.07 Å². The second-order valence-electron chi connectivity index (χ2n) is 4.77. The lowest BCUT2D eigenvalue weighted by Crippen LogP contribution is -2.37. The van der Waals surface area contributed by atoms with Gasteiger partial charge in [-0.3, -0.25) is 0 Å². The average molecular weight is 343 g/mol. The fourth-order valence-corrected chi connectivity index (χ4v) is 3.95. The monoisotopic (exact) mass is 343 g/mol. The minimum Gasteiger partial charge on any atom is -0.406 e. The van der Waals surface area contributed by atoms with Crippen molar-refractivity contribution in [1.82, 2.24) is 4.31 Å². The molecular formula is C12H13F4NO4S. The first-order chi connectivity index (χ1) is 10.1. The Morgan fingerprint density at radius 1 is 1.36 bits per heavy atom. The molecule has 1 aromatic rings. The molecule has 0 unspecified atom stereocenters. The molecule has 0 aromatic heterocycles. The summed E-state index contributed by atoms with van der Waals surface area (Å²) in [6.07, 6.45) is -6.54. The minimum absolute atomic E-state index is 0.158. The molecule has 1 aliphatic heterocycles. The van der Waals surface area contributed by atoms with Gasteiger partial charge >= 0.3 is 6.36 Å². The number of hydrogen-bond donors (Lipinski definition) is 1. The van der Waals surface area contributed by atoms with Gasteiger partial charge in [0.1, 0.15) is 11.9 Å². The van der Waals surface area contributed by atoms with Gasteiger partial charge in [-0.05, 0) is 18.6 Å². The van der Waals surface area contributed by atoms with Crippen molar-refractivity contribution in [2.45, 2.75) is 29.9 Å². The molecule has 2 atom stereocenters. The summed E-state index contributed by atoms with van der Waals surface area (Å²) in [5, 5.41) is 9.13. The highest BCUT2D eigenvalue weighted by Gasteiger charge is 2.40. The molecule has 22 heavy (non-hydrogen) atoms. The van der Waals surface area contributed by atoms with Crippen molar-refractivity contribution < 1.29 is 35.8 Å². The van der Waals surface area contributed by atoms with Crippen LogP contribution in [0.5, 0.6) is 5.75 Å². The molecule has 1 saturated heterocycles. The van der Waals surface area contributed by atoms with E-state index in [1.807, 2.05) is 0 Å². The molecule has 0 aliphatic carbocycles. The predicted molar refractivity (Wildman–Crippen MR) is 67.4 cm³/mol. The molecule has 10 heteroatoms. The molecule has 1 N–H and O–H groups in total. The molecule has 0 saturated carbocycles. The largest absolute Gasteiger partial charge is 0.573 e. The Kier molecular flexibility index (Phi) is 4.64. The Morgan fingerprint density at radius 2 is 2.05 bits per heavy atom. The maximum Gasteiger partial charge on any atom is 0.573 e. The summed E-state index contributed by atoms with van der Waals surface area (Å²) in [6.45, 7) is -1.02. The molecule has 1 fully saturated rings. The highest BCUT2D eigenvalue weighted by Crippen LogP contribution is 2.30. The number of hydrogen-bond acceptors (Lipinski definition) is 4. The van der Waals surface area contributed by atoms with Crippen LogP contribution in [0.3, 0.4) is 0 Å². The standard InChI is InChI=1S/C12H13F4NO4S/c13-8-4-9(7-18)17(6-8)22(19,20)11-3-1-2-10(5-11)21-12(14,15)16/h1-3,5,8-9,18H,4,6-7H2/t8-,9-/m0/s1. The highest BCUT2D eigenvalue weighted by atomic mass is 32.2. The van der Waals surface area contributed by atoms with Crippen LogP contribution in [0, 0.1) is 0 Å². The van der Waals surface area contributed by atoms with Crippen LogP contribution in [0.1, 0.15) is 6.42 Å². The average Bonchev–Trinajstić information content (AvgIpc) is 2.79. The first kappa shape index (κ1) is 17.0. The molecule has 2 rings (SSSR count). The van der Waals surface area contributed by atoms with Gasteiger partial charge in [-0.1, -0.05) is 6.07 Å². The van der Waals surface area contributed by atoms with Crippen LogP contribution >= 0.6 is 0 Å². The van der Waals surface area contributed by atoms with Gasteiger partial charge in [-0.15, -0.1) is 13.2 Å². The first-order valence-corrected chi connectivity index (χ1v) is 7.70. The number of nitrogens with zero attached hydrogens (tertiary/aromatic N) is 1. The van der Waals surface area contributed by atoms with Crippen LogP contribution in [-0.4, -0.2) is 49.6 Å². The van der Waals surface area contributed by atoms with E-state index in [9.17, 15) is 26.0 Å². The van der Waals surface area contributed by atoms with Gasteiger partial charge in [0, 0.05) is 12.6 Å². The van der Waals surface area contributed by atoms with Crippen molar-refractivity contribution in [2.75, 3.05) is 13.2 Å². The van der Waals surface area contributed by atoms with Gasteiger partial charge < -0.3 is 9.84 Å². The number of sulfonamides is 1. The van der Waals surface area contributed by atoms with Crippen LogP contribution < -0.4 is 4.74 Å². The molecule has 0 spiro atoms. The van der Waals surface area contributed by atoms with Crippen molar-refractivity contribution >= 4 is 10.0 Å². The Balaban J connectivity index is 2.32. The maximum atomic E-state index is 13.4. The summed E-state index contributed by atoms with van der Waals surface area (Å²) >= 11 is 0. The summed E-state index contributed by atoms with van der Waals surface area (Å²) in [4.78, 5) is -0.457. The number of aliphatic hydroxyl groups excluding tert-OH is 1. The van der Waals surface area contributed by atoms with Gasteiger partial charge in [0.15, 0.2) is 0 Å². The van der Waals surface area contributed by atoms with Gasteiger partial charge in [0.05, 0.1) is 17.5 Å². The zero-order valence-corrected chi connectivity index (χ0v) is 11.9. The molecule has 1 aliphatic rings. The lowest BCUT2D eigenvalue weighted by atomic mass is 10.2. The number of benzene rings is 1. The predicted octanol–water partition coefficient (Wildman–Crippen LogP) is 1.68. The highest BCUT2D eigenvalue weighted by molar-refractivity contribution is 7.89. The number of ether oxygens (including phenoxy) is 1. The number of alkyl halides is 4. The van der Waals surface area contributed by atoms with Gasteiger partial charge in [-0.25, -0.2) is 12.8 Å². The summed E-state index contributed by atoms with van der Waals surface area (Å²) in [5.41, 5.74) is 0. The Labute approximate surface area is 124 Å². The molecule has 1 aromatic carbocycles. The molecule has 124 valence electrons. The third-order valence-corrected chi connectivity index (χ3v) is 5.08. The van der Waals surface area contributed by atoms with Gasteiger partial charge in [0.25, 0.3) is 0 Å². The Morgan fingerprint density at radius 3 is 2.64 bits per heavy atom. The molecule has 0 amide bonds. The fraction of sp³-hybridized carbons (Fsp3) is 0.500. The van der Waals surface area contributed by atoms with Gasteiger partial charge in [0.2, 0.25) is 10.0 Å². The molecular weight excluding hydrogens is 330 g/mol. The Bertz CT molecular complexity index is 634. The summed E-state index contributed by atoms with van der Waals surface area (Å²) in [6, 6.07) is 2.90. The molecule has 0 radical (unpaired) electrons. The zero-order valence-electron chi connectivity index (χ0n) is 11.1. The van der Waals surface area contributed by atoms with Crippen molar-refractivity contribution in [3.63, 3.8) is 0 Å². The van der Waals surface area contributed by atoms with Crippen LogP contribution in [0.2, 0.25) is 0 Å². The first-order valence-electron chi connectivity index (χ1n) is 6.26. The Hall–Kier alpha value is -1.39. The molecule has 1 heterocycles. The van der Waals surface area contributed by atoms with Crippen molar-refractivity contribution in [3.8, 4) is 5.75 Å². The fourth-order valence-electron chi connectivity index (χ4n) is 2.26. The second-order valence-corrected chi connectivity index (χ2v) is 6.66. The summed E-state index contributed by atoms with van der Waals surface area (Å²) < 4.78 is 79.1. The lowest BCUT2D eigenvalue weighted by molar-refractivity contribution is -0.274. The van der Waals surface area contributed by atoms with E-state index in [1.54, 1.807) is 0 Å². The van der Waals surface area contributed by atoms with E-state index in [2.05, 4.69) is 4.74 Å². The quantitative estimate of drug-likeness (QED) is 0.845. The van der Waals surface area contributed by atoms with E-state index in [4.69, 9.17) is 5.11 Å². The normalized spacial score (nSPS) is 23.7. The summed E-state index contributed by atoms with van der Waals surface area (Å²) in [5.74, 6) is -0.690. The third kappa shape index (κ3) is 3.68.